The Hall–Kier alpha value is -3.58. The number of carbonyl (C=O) groups is 1. The lowest BCUT2D eigenvalue weighted by Crippen LogP contribution is -2.03. The van der Waals surface area contributed by atoms with Crippen molar-refractivity contribution >= 4 is 33.5 Å². The number of methoxy groups -OCH3 is 1. The number of aromatic nitrogens is 1. The summed E-state index contributed by atoms with van der Waals surface area (Å²) in [5, 5.41) is 11.8. The van der Waals surface area contributed by atoms with Crippen molar-refractivity contribution in [1.29, 1.82) is 0 Å². The Labute approximate surface area is 194 Å². The number of carboxylic acids is 1. The second-order valence-electron chi connectivity index (χ2n) is 6.23. The number of oxazole rings is 1. The number of ether oxygens (including phenoxy) is 2. The lowest BCUT2D eigenvalue weighted by Gasteiger charge is -2.09. The van der Waals surface area contributed by atoms with Gasteiger partial charge in [0.05, 0.1) is 26.3 Å². The van der Waals surface area contributed by atoms with E-state index in [1.807, 2.05) is 5.38 Å². The summed E-state index contributed by atoms with van der Waals surface area (Å²) in [7, 11) is 1.27. The maximum Gasteiger partial charge on any atom is 0.371 e. The van der Waals surface area contributed by atoms with Gasteiger partial charge in [-0.15, -0.1) is 11.3 Å². The van der Waals surface area contributed by atoms with Gasteiger partial charge in [-0.1, -0.05) is 18.1 Å². The summed E-state index contributed by atoms with van der Waals surface area (Å²) in [6.07, 6.45) is 1.39. The number of hydrogen-bond donors (Lipinski definition) is 1. The minimum Gasteiger partial charge on any atom is -0.493 e. The van der Waals surface area contributed by atoms with E-state index in [-0.39, 0.29) is 30.0 Å². The molecule has 0 amide bonds. The van der Waals surface area contributed by atoms with Crippen LogP contribution in [0.4, 0.5) is 0 Å². The molecular weight excluding hydrogens is 414 g/mol. The zero-order valence-corrected chi connectivity index (χ0v) is 17.1. The van der Waals surface area contributed by atoms with Crippen LogP contribution in [0.1, 0.15) is 28.0 Å². The molecule has 0 spiro atoms. The van der Waals surface area contributed by atoms with Gasteiger partial charge in [0.25, 0.3) is 0 Å². The fourth-order valence-electron chi connectivity index (χ4n) is 2.89. The second-order valence-corrected chi connectivity index (χ2v) is 7.14. The molecule has 0 bridgehead atoms. The summed E-state index contributed by atoms with van der Waals surface area (Å²) in [6.45, 7) is -2.74. The minimum atomic E-state index is -2.72. The Balaban J connectivity index is 1.64. The minimum absolute atomic E-state index is 0.00382. The molecule has 6 nitrogen and oxygen atoms in total. The number of hydrogen-bond acceptors (Lipinski definition) is 6. The quantitative estimate of drug-likeness (QED) is 0.284. The Bertz CT molecular complexity index is 1580. The monoisotopic (exact) mass is 443 g/mol. The number of rotatable bonds is 8. The summed E-state index contributed by atoms with van der Waals surface area (Å²) >= 11 is 1.38. The topological polar surface area (TPSA) is 81.8 Å². The van der Waals surface area contributed by atoms with Crippen LogP contribution in [0.25, 0.3) is 27.6 Å². The average Bonchev–Trinajstić information content (AvgIpc) is 3.54. The van der Waals surface area contributed by atoms with E-state index < -0.39 is 54.7 Å². The van der Waals surface area contributed by atoms with Crippen molar-refractivity contribution in [2.75, 3.05) is 13.7 Å². The van der Waals surface area contributed by atoms with Gasteiger partial charge in [-0.3, -0.25) is 0 Å². The van der Waals surface area contributed by atoms with E-state index >= 15 is 0 Å². The SMILES string of the molecule is [2H]c1c([2H])c([2H])c(-c2nc(CCOc3ccc(/C=C(\OC)C(=O)O)c4sccc34)c(C([2H])([2H])[2H])o2)c([2H])c1[2H]. The molecule has 4 aromatic rings. The van der Waals surface area contributed by atoms with Crippen molar-refractivity contribution in [2.45, 2.75) is 13.3 Å². The van der Waals surface area contributed by atoms with Crippen molar-refractivity contribution in [3.05, 3.63) is 76.6 Å². The number of nitrogens with zero attached hydrogens (tertiary/aromatic N) is 1. The van der Waals surface area contributed by atoms with E-state index in [1.165, 1.54) is 24.5 Å². The maximum absolute atomic E-state index is 11.3. The fourth-order valence-corrected chi connectivity index (χ4v) is 3.79. The highest BCUT2D eigenvalue weighted by atomic mass is 32.1. The Morgan fingerprint density at radius 3 is 2.90 bits per heavy atom. The number of aliphatic carboxylic acids is 1. The molecule has 0 radical (unpaired) electrons. The van der Waals surface area contributed by atoms with Crippen LogP contribution in [0.5, 0.6) is 5.75 Å². The molecule has 2 heterocycles. The van der Waals surface area contributed by atoms with E-state index in [0.29, 0.717) is 16.7 Å². The third-order valence-electron chi connectivity index (χ3n) is 4.33. The summed E-state index contributed by atoms with van der Waals surface area (Å²) in [5.74, 6) is -1.81. The Kier molecular flexibility index (Phi) is 3.79. The predicted octanol–water partition coefficient (Wildman–Crippen LogP) is 5.56. The van der Waals surface area contributed by atoms with Crippen molar-refractivity contribution in [3.8, 4) is 17.2 Å². The van der Waals surface area contributed by atoms with Crippen LogP contribution in [0.15, 0.2) is 64.0 Å². The first-order valence-corrected chi connectivity index (χ1v) is 9.92. The van der Waals surface area contributed by atoms with Crippen LogP contribution >= 0.6 is 11.3 Å². The fraction of sp³-hybridized carbons (Fsp3) is 0.167. The molecule has 0 atom stereocenters. The average molecular weight is 444 g/mol. The zero-order chi connectivity index (χ0) is 28.6. The molecule has 0 aliphatic carbocycles. The molecule has 0 aliphatic rings. The maximum atomic E-state index is 11.3. The lowest BCUT2D eigenvalue weighted by atomic mass is 10.1. The van der Waals surface area contributed by atoms with Gasteiger partial charge >= 0.3 is 5.97 Å². The van der Waals surface area contributed by atoms with Crippen LogP contribution in [-0.2, 0) is 16.0 Å². The molecule has 2 aromatic carbocycles. The smallest absolute Gasteiger partial charge is 0.371 e. The highest BCUT2D eigenvalue weighted by Gasteiger charge is 2.14. The Morgan fingerprint density at radius 1 is 1.32 bits per heavy atom. The highest BCUT2D eigenvalue weighted by molar-refractivity contribution is 7.17. The molecular formula is C24H21NO5S. The molecule has 31 heavy (non-hydrogen) atoms. The molecule has 0 saturated heterocycles. The van der Waals surface area contributed by atoms with Crippen molar-refractivity contribution in [2.24, 2.45) is 0 Å². The summed E-state index contributed by atoms with van der Waals surface area (Å²) in [4.78, 5) is 15.5. The molecule has 4 rings (SSSR count). The number of carboxylic acid groups (broad SMARTS) is 1. The van der Waals surface area contributed by atoms with Crippen LogP contribution in [0.3, 0.4) is 0 Å². The van der Waals surface area contributed by atoms with E-state index in [0.717, 1.165) is 4.70 Å². The first kappa shape index (κ1) is 13.0. The second kappa shape index (κ2) is 9.06. The van der Waals surface area contributed by atoms with E-state index in [1.54, 1.807) is 18.2 Å². The van der Waals surface area contributed by atoms with Gasteiger partial charge in [-0.05, 0) is 54.2 Å². The third kappa shape index (κ3) is 4.46. The molecule has 0 saturated carbocycles. The molecule has 0 aliphatic heterocycles. The summed E-state index contributed by atoms with van der Waals surface area (Å²) < 4.78 is 80.3. The number of fused-ring (bicyclic) bond motifs is 1. The number of benzene rings is 2. The molecule has 0 unspecified atom stereocenters. The van der Waals surface area contributed by atoms with Gasteiger partial charge in [0.2, 0.25) is 11.6 Å². The summed E-state index contributed by atoms with van der Waals surface area (Å²) in [6, 6.07) is 2.24. The van der Waals surface area contributed by atoms with Crippen LogP contribution in [0.2, 0.25) is 0 Å². The van der Waals surface area contributed by atoms with Crippen LogP contribution in [0, 0.1) is 6.85 Å². The van der Waals surface area contributed by atoms with Gasteiger partial charge in [-0.25, -0.2) is 9.78 Å². The molecule has 0 fully saturated rings. The van der Waals surface area contributed by atoms with Crippen molar-refractivity contribution in [1.82, 2.24) is 4.98 Å². The third-order valence-corrected chi connectivity index (χ3v) is 5.30. The first-order valence-electron chi connectivity index (χ1n) is 13.0. The Morgan fingerprint density at radius 2 is 2.16 bits per heavy atom. The normalized spacial score (nSPS) is 15.7. The molecule has 158 valence electrons. The van der Waals surface area contributed by atoms with Crippen molar-refractivity contribution < 1.29 is 34.8 Å². The van der Waals surface area contributed by atoms with E-state index in [2.05, 4.69) is 4.98 Å². The van der Waals surface area contributed by atoms with Gasteiger partial charge in [0, 0.05) is 26.2 Å². The van der Waals surface area contributed by atoms with Crippen LogP contribution < -0.4 is 4.74 Å². The van der Waals surface area contributed by atoms with Crippen LogP contribution in [-0.4, -0.2) is 29.8 Å². The largest absolute Gasteiger partial charge is 0.493 e. The van der Waals surface area contributed by atoms with Crippen molar-refractivity contribution in [3.63, 3.8) is 0 Å². The molecule has 7 heteroatoms. The lowest BCUT2D eigenvalue weighted by molar-refractivity contribution is -0.135. The van der Waals surface area contributed by atoms with Gasteiger partial charge in [0.1, 0.15) is 11.5 Å². The first-order chi connectivity index (χ1) is 18.3. The van der Waals surface area contributed by atoms with E-state index in [4.69, 9.17) is 24.9 Å². The molecule has 1 N–H and O–H groups in total. The van der Waals surface area contributed by atoms with Gasteiger partial charge < -0.3 is 19.0 Å². The van der Waals surface area contributed by atoms with Gasteiger partial charge in [0.15, 0.2) is 0 Å². The standard InChI is InChI=1S/C24H21NO5S/c1-15-19(25-23(30-15)16-6-4-3-5-7-16)10-12-29-20-9-8-17(14-21(28-2)24(26)27)22-18(20)11-13-31-22/h3-9,11,13-14H,10,12H2,1-2H3,(H,26,27)/b21-14-/i1D3,3D,4D,5D,6D,7D. The van der Waals surface area contributed by atoms with Gasteiger partial charge in [-0.2, -0.15) is 0 Å². The van der Waals surface area contributed by atoms with E-state index in [9.17, 15) is 9.90 Å². The highest BCUT2D eigenvalue weighted by Crippen LogP contribution is 2.34. The molecule has 2 aromatic heterocycles. The number of thiophene rings is 1. The summed E-state index contributed by atoms with van der Waals surface area (Å²) in [5.41, 5.74) is 0.291. The predicted molar refractivity (Wildman–Crippen MR) is 120 cm³/mol. The number of aryl methyl sites for hydroxylation is 1. The zero-order valence-electron chi connectivity index (χ0n) is 24.2.